The summed E-state index contributed by atoms with van der Waals surface area (Å²) >= 11 is 0. The molecule has 17 heavy (non-hydrogen) atoms. The molecule has 1 unspecified atom stereocenters. The Morgan fingerprint density at radius 1 is 1.29 bits per heavy atom. The minimum atomic E-state index is -4.04. The summed E-state index contributed by atoms with van der Waals surface area (Å²) in [5, 5.41) is 7.47. The van der Waals surface area contributed by atoms with E-state index >= 15 is 0 Å². The van der Waals surface area contributed by atoms with Crippen LogP contribution in [0.1, 0.15) is 6.92 Å². The van der Waals surface area contributed by atoms with E-state index in [4.69, 9.17) is 5.11 Å². The van der Waals surface area contributed by atoms with Crippen LogP contribution in [0.5, 0.6) is 0 Å². The van der Waals surface area contributed by atoms with Gasteiger partial charge in [-0.25, -0.2) is 21.6 Å². The Balaban J connectivity index is 3.09. The molecule has 1 rings (SSSR count). The van der Waals surface area contributed by atoms with Crippen LogP contribution in [0.2, 0.25) is 0 Å². The van der Waals surface area contributed by atoms with Crippen molar-refractivity contribution in [2.45, 2.75) is 12.2 Å². The molecular weight excluding hydrogens is 259 g/mol. The van der Waals surface area contributed by atoms with Crippen molar-refractivity contribution in [3.63, 3.8) is 0 Å². The lowest BCUT2D eigenvalue weighted by atomic mass is 10.3. The Bertz CT molecular complexity index is 518. The molecule has 0 aromatic heterocycles. The molecule has 1 atom stereocenters. The lowest BCUT2D eigenvalue weighted by Crippen LogP contribution is -2.28. The summed E-state index contributed by atoms with van der Waals surface area (Å²) in [4.78, 5) is 0. The summed E-state index contributed by atoms with van der Waals surface area (Å²) in [5.74, 6) is -4.80. The predicted octanol–water partition coefficient (Wildman–Crippen LogP) is 1.23. The molecule has 0 aliphatic carbocycles. The van der Waals surface area contributed by atoms with E-state index in [-0.39, 0.29) is 0 Å². The average molecular weight is 269 g/mol. The van der Waals surface area contributed by atoms with E-state index in [1.54, 1.807) is 4.72 Å². The van der Waals surface area contributed by atoms with Crippen molar-refractivity contribution in [3.05, 3.63) is 29.6 Å². The van der Waals surface area contributed by atoms with E-state index in [1.807, 2.05) is 0 Å². The maximum Gasteiger partial charge on any atom is 0.237 e. The molecule has 1 aromatic carbocycles. The van der Waals surface area contributed by atoms with Crippen molar-refractivity contribution < 1.29 is 26.7 Å². The van der Waals surface area contributed by atoms with Gasteiger partial charge in [0.2, 0.25) is 10.0 Å². The topological polar surface area (TPSA) is 66.4 Å². The molecule has 0 bridgehead atoms. The van der Waals surface area contributed by atoms with Crippen LogP contribution in [0.4, 0.5) is 18.9 Å². The lowest BCUT2D eigenvalue weighted by molar-refractivity contribution is 0.296. The van der Waals surface area contributed by atoms with Crippen LogP contribution in [-0.2, 0) is 10.0 Å². The van der Waals surface area contributed by atoms with Crippen LogP contribution in [0.25, 0.3) is 0 Å². The van der Waals surface area contributed by atoms with Gasteiger partial charge >= 0.3 is 0 Å². The van der Waals surface area contributed by atoms with Crippen LogP contribution in [0.3, 0.4) is 0 Å². The maximum atomic E-state index is 13.2. The van der Waals surface area contributed by atoms with E-state index in [2.05, 4.69) is 0 Å². The fourth-order valence-electron chi connectivity index (χ4n) is 0.957. The number of aliphatic hydroxyl groups excluding tert-OH is 1. The number of anilines is 1. The first-order chi connectivity index (χ1) is 7.79. The third kappa shape index (κ3) is 2.89. The van der Waals surface area contributed by atoms with Crippen LogP contribution in [-0.4, -0.2) is 25.4 Å². The smallest absolute Gasteiger partial charge is 0.237 e. The van der Waals surface area contributed by atoms with Crippen molar-refractivity contribution in [2.75, 3.05) is 11.3 Å². The first kappa shape index (κ1) is 13.8. The maximum absolute atomic E-state index is 13.2. The number of rotatable bonds is 4. The van der Waals surface area contributed by atoms with Gasteiger partial charge in [0.05, 0.1) is 12.3 Å². The zero-order valence-electron chi connectivity index (χ0n) is 8.75. The molecule has 4 nitrogen and oxygen atoms in total. The van der Waals surface area contributed by atoms with E-state index < -0.39 is 45.0 Å². The Hall–Kier alpha value is -1.28. The van der Waals surface area contributed by atoms with E-state index in [1.165, 1.54) is 6.92 Å². The molecule has 1 aromatic rings. The van der Waals surface area contributed by atoms with Crippen molar-refractivity contribution in [2.24, 2.45) is 0 Å². The molecular formula is C9H10F3NO3S. The quantitative estimate of drug-likeness (QED) is 0.808. The highest BCUT2D eigenvalue weighted by Gasteiger charge is 2.23. The first-order valence-corrected chi connectivity index (χ1v) is 6.10. The second-order valence-corrected chi connectivity index (χ2v) is 5.46. The molecule has 0 saturated carbocycles. The Morgan fingerprint density at radius 3 is 2.41 bits per heavy atom. The van der Waals surface area contributed by atoms with Crippen molar-refractivity contribution in [3.8, 4) is 0 Å². The molecule has 0 radical (unpaired) electrons. The van der Waals surface area contributed by atoms with Crippen molar-refractivity contribution in [1.29, 1.82) is 0 Å². The summed E-state index contributed by atoms with van der Waals surface area (Å²) in [7, 11) is -4.04. The summed E-state index contributed by atoms with van der Waals surface area (Å²) in [6.45, 7) is 0.501. The molecule has 0 saturated heterocycles. The van der Waals surface area contributed by atoms with E-state index in [9.17, 15) is 21.6 Å². The number of halogens is 3. The Kier molecular flexibility index (Phi) is 3.99. The van der Waals surface area contributed by atoms with Crippen LogP contribution in [0.15, 0.2) is 12.1 Å². The summed E-state index contributed by atoms with van der Waals surface area (Å²) in [5.41, 5.74) is -0.704. The second kappa shape index (κ2) is 4.92. The molecule has 0 amide bonds. The number of sulfonamides is 1. The molecule has 0 heterocycles. The van der Waals surface area contributed by atoms with Gasteiger partial charge in [-0.05, 0) is 19.1 Å². The number of benzene rings is 1. The molecule has 0 aliphatic rings. The van der Waals surface area contributed by atoms with Gasteiger partial charge in [0.15, 0.2) is 17.5 Å². The molecule has 0 fully saturated rings. The van der Waals surface area contributed by atoms with E-state index in [0.29, 0.717) is 6.07 Å². The third-order valence-electron chi connectivity index (χ3n) is 2.07. The van der Waals surface area contributed by atoms with Gasteiger partial charge in [-0.3, -0.25) is 4.72 Å². The molecule has 0 spiro atoms. The molecule has 96 valence electrons. The van der Waals surface area contributed by atoms with Gasteiger partial charge in [0.25, 0.3) is 0 Å². The van der Waals surface area contributed by atoms with Gasteiger partial charge in [-0.15, -0.1) is 0 Å². The number of aliphatic hydroxyl groups is 1. The van der Waals surface area contributed by atoms with E-state index in [0.717, 1.165) is 6.07 Å². The summed E-state index contributed by atoms with van der Waals surface area (Å²) < 4.78 is 63.1. The van der Waals surface area contributed by atoms with Gasteiger partial charge in [0, 0.05) is 0 Å². The Morgan fingerprint density at radius 2 is 1.88 bits per heavy atom. The number of hydrogen-bond donors (Lipinski definition) is 2. The van der Waals surface area contributed by atoms with Crippen LogP contribution in [0, 0.1) is 17.5 Å². The van der Waals surface area contributed by atoms with Gasteiger partial charge in [-0.2, -0.15) is 0 Å². The predicted molar refractivity (Wildman–Crippen MR) is 55.4 cm³/mol. The fraction of sp³-hybridized carbons (Fsp3) is 0.333. The highest BCUT2D eigenvalue weighted by Crippen LogP contribution is 2.21. The minimum Gasteiger partial charge on any atom is -0.395 e. The van der Waals surface area contributed by atoms with Crippen molar-refractivity contribution >= 4 is 15.7 Å². The van der Waals surface area contributed by atoms with Gasteiger partial charge in [-0.1, -0.05) is 0 Å². The average Bonchev–Trinajstić information content (AvgIpc) is 2.28. The Labute approximate surface area is 96.1 Å². The zero-order chi connectivity index (χ0) is 13.2. The van der Waals surface area contributed by atoms with Crippen LogP contribution < -0.4 is 4.72 Å². The highest BCUT2D eigenvalue weighted by molar-refractivity contribution is 7.93. The third-order valence-corrected chi connectivity index (χ3v) is 3.79. The minimum absolute atomic E-state index is 0.597. The zero-order valence-corrected chi connectivity index (χ0v) is 9.56. The fourth-order valence-corrected chi connectivity index (χ4v) is 1.82. The van der Waals surface area contributed by atoms with Crippen LogP contribution >= 0.6 is 0 Å². The lowest BCUT2D eigenvalue weighted by Gasteiger charge is -2.13. The second-order valence-electron chi connectivity index (χ2n) is 3.36. The SMILES string of the molecule is CC(CO)S(=O)(=O)Nc1ccc(F)c(F)c1F. The standard InChI is InChI=1S/C9H10F3NO3S/c1-5(4-14)17(15,16)13-7-3-2-6(10)8(11)9(7)12/h2-3,5,13-14H,4H2,1H3. The number of nitrogens with one attached hydrogen (secondary N) is 1. The molecule has 0 aliphatic heterocycles. The van der Waals surface area contributed by atoms with Gasteiger partial charge in [0.1, 0.15) is 5.25 Å². The van der Waals surface area contributed by atoms with Gasteiger partial charge < -0.3 is 5.11 Å². The molecule has 8 heteroatoms. The highest BCUT2D eigenvalue weighted by atomic mass is 32.2. The monoisotopic (exact) mass is 269 g/mol. The van der Waals surface area contributed by atoms with Crippen molar-refractivity contribution in [1.82, 2.24) is 0 Å². The first-order valence-electron chi connectivity index (χ1n) is 4.55. The molecule has 2 N–H and O–H groups in total. The number of hydrogen-bond acceptors (Lipinski definition) is 3. The normalized spacial score (nSPS) is 13.5. The summed E-state index contributed by atoms with van der Waals surface area (Å²) in [6, 6.07) is 1.36. The summed E-state index contributed by atoms with van der Waals surface area (Å²) in [6.07, 6.45) is 0. The largest absolute Gasteiger partial charge is 0.395 e.